The molecule has 0 spiro atoms. The Bertz CT molecular complexity index is 840. The second-order valence-corrected chi connectivity index (χ2v) is 7.61. The van der Waals surface area contributed by atoms with Crippen LogP contribution in [-0.2, 0) is 12.0 Å². The smallest absolute Gasteiger partial charge is 0.149 e. The maximum absolute atomic E-state index is 4.89. The number of benzene rings is 1. The topological polar surface area (TPSA) is 20.5 Å². The molecule has 0 N–H and O–H groups in total. The van der Waals surface area contributed by atoms with E-state index in [0.717, 1.165) is 17.9 Å². The SMILES string of the molecule is CC1(C)Cc2ccccc2C(C)(C)N1c1cn2ccccc2n1. The van der Waals surface area contributed by atoms with Gasteiger partial charge in [-0.3, -0.25) is 0 Å². The van der Waals surface area contributed by atoms with Gasteiger partial charge in [0.1, 0.15) is 11.5 Å². The average molecular weight is 305 g/mol. The first kappa shape index (κ1) is 14.3. The third-order valence-electron chi connectivity index (χ3n) is 5.04. The first-order valence-electron chi connectivity index (χ1n) is 8.22. The lowest BCUT2D eigenvalue weighted by Gasteiger charge is -2.54. The molecule has 1 aliphatic heterocycles. The van der Waals surface area contributed by atoms with Crippen LogP contribution >= 0.6 is 0 Å². The molecule has 0 amide bonds. The molecule has 0 atom stereocenters. The Morgan fingerprint density at radius 2 is 1.70 bits per heavy atom. The van der Waals surface area contributed by atoms with Gasteiger partial charge in [0, 0.05) is 11.7 Å². The molecular weight excluding hydrogens is 282 g/mol. The van der Waals surface area contributed by atoms with Gasteiger partial charge in [-0.05, 0) is 57.4 Å². The van der Waals surface area contributed by atoms with E-state index in [-0.39, 0.29) is 11.1 Å². The Hall–Kier alpha value is -2.29. The Kier molecular flexibility index (Phi) is 2.87. The van der Waals surface area contributed by atoms with Gasteiger partial charge in [-0.2, -0.15) is 0 Å². The number of hydrogen-bond acceptors (Lipinski definition) is 2. The number of aromatic nitrogens is 2. The lowest BCUT2D eigenvalue weighted by molar-refractivity contribution is 0.312. The number of pyridine rings is 1. The fraction of sp³-hybridized carbons (Fsp3) is 0.350. The highest BCUT2D eigenvalue weighted by molar-refractivity contribution is 5.57. The molecule has 23 heavy (non-hydrogen) atoms. The minimum atomic E-state index is -0.101. The molecule has 3 heteroatoms. The van der Waals surface area contributed by atoms with E-state index in [2.05, 4.69) is 79.7 Å². The molecule has 1 aliphatic rings. The summed E-state index contributed by atoms with van der Waals surface area (Å²) in [5, 5.41) is 0. The molecule has 2 aromatic heterocycles. The predicted molar refractivity (Wildman–Crippen MR) is 94.9 cm³/mol. The largest absolute Gasteiger partial charge is 0.341 e. The molecule has 4 rings (SSSR count). The number of fused-ring (bicyclic) bond motifs is 2. The number of rotatable bonds is 1. The van der Waals surface area contributed by atoms with E-state index in [1.165, 1.54) is 11.1 Å². The molecule has 3 nitrogen and oxygen atoms in total. The van der Waals surface area contributed by atoms with Crippen LogP contribution in [-0.4, -0.2) is 14.9 Å². The summed E-state index contributed by atoms with van der Waals surface area (Å²) in [6, 6.07) is 14.9. The molecule has 0 fully saturated rings. The predicted octanol–water partition coefficient (Wildman–Crippen LogP) is 4.41. The number of anilines is 1. The van der Waals surface area contributed by atoms with Crippen LogP contribution in [0.3, 0.4) is 0 Å². The zero-order valence-corrected chi connectivity index (χ0v) is 14.2. The monoisotopic (exact) mass is 305 g/mol. The lowest BCUT2D eigenvalue weighted by atomic mass is 9.75. The van der Waals surface area contributed by atoms with E-state index in [0.29, 0.717) is 0 Å². The van der Waals surface area contributed by atoms with E-state index in [9.17, 15) is 0 Å². The van der Waals surface area contributed by atoms with Crippen molar-refractivity contribution in [3.8, 4) is 0 Å². The summed E-state index contributed by atoms with van der Waals surface area (Å²) in [5.41, 5.74) is 3.75. The Morgan fingerprint density at radius 1 is 0.957 bits per heavy atom. The maximum atomic E-state index is 4.89. The summed E-state index contributed by atoms with van der Waals surface area (Å²) < 4.78 is 2.10. The number of nitrogens with zero attached hydrogens (tertiary/aromatic N) is 3. The second-order valence-electron chi connectivity index (χ2n) is 7.61. The third kappa shape index (κ3) is 2.07. The Morgan fingerprint density at radius 3 is 2.48 bits per heavy atom. The van der Waals surface area contributed by atoms with E-state index in [4.69, 9.17) is 4.98 Å². The van der Waals surface area contributed by atoms with Crippen LogP contribution in [0.2, 0.25) is 0 Å². The van der Waals surface area contributed by atoms with Crippen molar-refractivity contribution in [1.82, 2.24) is 9.38 Å². The van der Waals surface area contributed by atoms with Crippen molar-refractivity contribution in [2.24, 2.45) is 0 Å². The van der Waals surface area contributed by atoms with Gasteiger partial charge in [-0.15, -0.1) is 0 Å². The molecule has 0 bridgehead atoms. The van der Waals surface area contributed by atoms with Gasteiger partial charge in [-0.25, -0.2) is 4.98 Å². The minimum absolute atomic E-state index is 0.00971. The van der Waals surface area contributed by atoms with Crippen LogP contribution < -0.4 is 4.90 Å². The summed E-state index contributed by atoms with van der Waals surface area (Å²) in [5.74, 6) is 1.04. The molecule has 0 saturated carbocycles. The van der Waals surface area contributed by atoms with Gasteiger partial charge in [0.05, 0.1) is 11.7 Å². The quantitative estimate of drug-likeness (QED) is 0.664. The van der Waals surface area contributed by atoms with Crippen LogP contribution in [0.1, 0.15) is 38.8 Å². The minimum Gasteiger partial charge on any atom is -0.341 e. The van der Waals surface area contributed by atoms with Crippen LogP contribution in [0.5, 0.6) is 0 Å². The standard InChI is InChI=1S/C20H23N3/c1-19(2)13-15-9-5-6-10-16(15)20(3,4)23(19)18-14-22-12-8-7-11-17(22)21-18/h5-12,14H,13H2,1-4H3. The summed E-state index contributed by atoms with van der Waals surface area (Å²) in [7, 11) is 0. The molecule has 0 saturated heterocycles. The van der Waals surface area contributed by atoms with Gasteiger partial charge in [0.2, 0.25) is 0 Å². The highest BCUT2D eigenvalue weighted by Gasteiger charge is 2.45. The molecule has 3 aromatic rings. The summed E-state index contributed by atoms with van der Waals surface area (Å²) in [4.78, 5) is 7.37. The second kappa shape index (κ2) is 4.60. The molecule has 1 aromatic carbocycles. The van der Waals surface area contributed by atoms with E-state index in [1.807, 2.05) is 12.1 Å². The molecule has 118 valence electrons. The van der Waals surface area contributed by atoms with Gasteiger partial charge in [-0.1, -0.05) is 30.3 Å². The Labute approximate surface area is 137 Å². The van der Waals surface area contributed by atoms with Gasteiger partial charge in [0.15, 0.2) is 0 Å². The first-order chi connectivity index (χ1) is 10.9. The summed E-state index contributed by atoms with van der Waals surface area (Å²) in [6.07, 6.45) is 5.23. The highest BCUT2D eigenvalue weighted by atomic mass is 15.3. The zero-order valence-electron chi connectivity index (χ0n) is 14.2. The average Bonchev–Trinajstić information content (AvgIpc) is 2.88. The summed E-state index contributed by atoms with van der Waals surface area (Å²) in [6.45, 7) is 9.23. The van der Waals surface area contributed by atoms with Crippen molar-refractivity contribution in [2.45, 2.75) is 45.2 Å². The number of hydrogen-bond donors (Lipinski definition) is 0. The van der Waals surface area contributed by atoms with E-state index in [1.54, 1.807) is 0 Å². The van der Waals surface area contributed by atoms with E-state index < -0.39 is 0 Å². The van der Waals surface area contributed by atoms with Gasteiger partial charge in [0.25, 0.3) is 0 Å². The molecule has 0 unspecified atom stereocenters. The van der Waals surface area contributed by atoms with Crippen LogP contribution in [0.25, 0.3) is 5.65 Å². The van der Waals surface area contributed by atoms with Gasteiger partial charge >= 0.3 is 0 Å². The van der Waals surface area contributed by atoms with Crippen molar-refractivity contribution < 1.29 is 0 Å². The first-order valence-corrected chi connectivity index (χ1v) is 8.22. The van der Waals surface area contributed by atoms with Crippen LogP contribution in [0.4, 0.5) is 5.82 Å². The van der Waals surface area contributed by atoms with Crippen molar-refractivity contribution in [1.29, 1.82) is 0 Å². The fourth-order valence-electron chi connectivity index (χ4n) is 4.32. The molecule has 3 heterocycles. The van der Waals surface area contributed by atoms with E-state index >= 15 is 0 Å². The Balaban J connectivity index is 1.92. The molecular formula is C20H23N3. The van der Waals surface area contributed by atoms with Gasteiger partial charge < -0.3 is 9.30 Å². The van der Waals surface area contributed by atoms with Crippen molar-refractivity contribution in [3.05, 3.63) is 66.0 Å². The fourth-order valence-corrected chi connectivity index (χ4v) is 4.32. The van der Waals surface area contributed by atoms with Crippen molar-refractivity contribution >= 4 is 11.5 Å². The van der Waals surface area contributed by atoms with Crippen molar-refractivity contribution in [3.63, 3.8) is 0 Å². The van der Waals surface area contributed by atoms with Crippen molar-refractivity contribution in [2.75, 3.05) is 4.90 Å². The third-order valence-corrected chi connectivity index (χ3v) is 5.04. The highest BCUT2D eigenvalue weighted by Crippen LogP contribution is 2.45. The lowest BCUT2D eigenvalue weighted by Crippen LogP contribution is -2.59. The normalized spacial score (nSPS) is 18.9. The maximum Gasteiger partial charge on any atom is 0.149 e. The zero-order chi connectivity index (χ0) is 16.2. The molecule has 0 aliphatic carbocycles. The van der Waals surface area contributed by atoms with Crippen LogP contribution in [0.15, 0.2) is 54.9 Å². The molecule has 0 radical (unpaired) electrons. The summed E-state index contributed by atoms with van der Waals surface area (Å²) >= 11 is 0. The van der Waals surface area contributed by atoms with Crippen LogP contribution in [0, 0.1) is 0 Å². The number of imidazole rings is 1.